The fourth-order valence-electron chi connectivity index (χ4n) is 0.412. The molecule has 0 aliphatic carbocycles. The van der Waals surface area contributed by atoms with E-state index in [2.05, 4.69) is 20.4 Å². The van der Waals surface area contributed by atoms with Gasteiger partial charge in [-0.1, -0.05) is 0 Å². The highest BCUT2D eigenvalue weighted by molar-refractivity contribution is 5.20. The van der Waals surface area contributed by atoms with Crippen LogP contribution in [0.5, 0.6) is 0 Å². The van der Waals surface area contributed by atoms with Crippen molar-refractivity contribution in [3.63, 3.8) is 0 Å². The minimum absolute atomic E-state index is 0.688. The Bertz CT molecular complexity index is 164. The van der Waals surface area contributed by atoms with Gasteiger partial charge in [0.05, 0.1) is 6.20 Å². The number of H-pyrrole nitrogens is 1. The van der Waals surface area contributed by atoms with Gasteiger partial charge in [-0.15, -0.1) is 5.11 Å². The van der Waals surface area contributed by atoms with Crippen molar-refractivity contribution in [1.29, 1.82) is 0 Å². The van der Waals surface area contributed by atoms with E-state index >= 15 is 0 Å². The third kappa shape index (κ3) is 0.900. The van der Waals surface area contributed by atoms with Crippen LogP contribution in [0.25, 0.3) is 0 Å². The fourth-order valence-corrected chi connectivity index (χ4v) is 0.412. The number of azo groups is 1. The van der Waals surface area contributed by atoms with Gasteiger partial charge in [0.1, 0.15) is 0 Å². The van der Waals surface area contributed by atoms with E-state index in [9.17, 15) is 0 Å². The van der Waals surface area contributed by atoms with Crippen molar-refractivity contribution < 1.29 is 0 Å². The van der Waals surface area contributed by atoms with E-state index in [4.69, 9.17) is 0 Å². The second-order valence-electron chi connectivity index (χ2n) is 1.24. The molecule has 0 bridgehead atoms. The Kier molecular flexibility index (Phi) is 1.37. The third-order valence-electron chi connectivity index (χ3n) is 0.694. The lowest BCUT2D eigenvalue weighted by Gasteiger charge is -1.74. The average Bonchev–Trinajstić information content (AvgIpc) is 2.19. The molecule has 0 radical (unpaired) electrons. The van der Waals surface area contributed by atoms with E-state index in [0.717, 1.165) is 0 Å². The quantitative estimate of drug-likeness (QED) is 0.541. The van der Waals surface area contributed by atoms with Crippen LogP contribution in [-0.2, 0) is 0 Å². The highest BCUT2D eigenvalue weighted by Gasteiger charge is 1.82. The van der Waals surface area contributed by atoms with Gasteiger partial charge in [0.15, 0.2) is 5.82 Å². The largest absolute Gasteiger partial charge is 0.260 e. The topological polar surface area (TPSA) is 53.4 Å². The first kappa shape index (κ1) is 4.96. The Morgan fingerprint density at radius 2 is 2.62 bits per heavy atom. The molecule has 0 aromatic carbocycles. The molecule has 1 aromatic heterocycles. The number of hydrogen-bond acceptors (Lipinski definition) is 3. The van der Waals surface area contributed by atoms with Gasteiger partial charge in [-0.2, -0.15) is 10.2 Å². The number of aromatic amines is 1. The van der Waals surface area contributed by atoms with E-state index in [-0.39, 0.29) is 0 Å². The summed E-state index contributed by atoms with van der Waals surface area (Å²) in [6, 6.07) is 1.74. The molecule has 1 heterocycles. The molecule has 0 spiro atoms. The molecule has 1 N–H and O–H groups in total. The van der Waals surface area contributed by atoms with Crippen molar-refractivity contribution in [3.05, 3.63) is 12.3 Å². The molecular weight excluding hydrogens is 104 g/mol. The molecule has 1 aromatic rings. The van der Waals surface area contributed by atoms with Gasteiger partial charge in [-0.25, -0.2) is 0 Å². The summed E-state index contributed by atoms with van der Waals surface area (Å²) in [7, 11) is 1.61. The summed E-state index contributed by atoms with van der Waals surface area (Å²) in [6.07, 6.45) is 1.63. The van der Waals surface area contributed by atoms with E-state index in [1.54, 1.807) is 19.3 Å². The summed E-state index contributed by atoms with van der Waals surface area (Å²) in [6.45, 7) is 0. The highest BCUT2D eigenvalue weighted by atomic mass is 15.2. The van der Waals surface area contributed by atoms with Gasteiger partial charge in [0.2, 0.25) is 0 Å². The summed E-state index contributed by atoms with van der Waals surface area (Å²) >= 11 is 0. The molecule has 0 unspecified atom stereocenters. The van der Waals surface area contributed by atoms with E-state index in [1.165, 1.54) is 0 Å². The fraction of sp³-hybridized carbons (Fsp3) is 0.250. The second-order valence-corrected chi connectivity index (χ2v) is 1.24. The molecular formula is C4H6N4. The minimum atomic E-state index is 0.688. The third-order valence-corrected chi connectivity index (χ3v) is 0.694. The summed E-state index contributed by atoms with van der Waals surface area (Å²) in [4.78, 5) is 0. The summed E-state index contributed by atoms with van der Waals surface area (Å²) in [5, 5.41) is 13.5. The van der Waals surface area contributed by atoms with Crippen LogP contribution in [0, 0.1) is 0 Å². The molecule has 1 rings (SSSR count). The van der Waals surface area contributed by atoms with Crippen molar-refractivity contribution in [3.8, 4) is 0 Å². The predicted octanol–water partition coefficient (Wildman–Crippen LogP) is 1.12. The molecule has 0 saturated carbocycles. The first-order chi connectivity index (χ1) is 3.93. The van der Waals surface area contributed by atoms with Crippen LogP contribution in [0.15, 0.2) is 22.5 Å². The normalized spacial score (nSPS) is 10.6. The van der Waals surface area contributed by atoms with Crippen LogP contribution in [0.3, 0.4) is 0 Å². The predicted molar refractivity (Wildman–Crippen MR) is 29.0 cm³/mol. The Balaban J connectivity index is 2.77. The van der Waals surface area contributed by atoms with Crippen LogP contribution in [0.2, 0.25) is 0 Å². The van der Waals surface area contributed by atoms with E-state index in [1.807, 2.05) is 0 Å². The van der Waals surface area contributed by atoms with Gasteiger partial charge < -0.3 is 0 Å². The highest BCUT2D eigenvalue weighted by Crippen LogP contribution is 2.02. The molecule has 0 aliphatic rings. The molecule has 42 valence electrons. The molecule has 8 heavy (non-hydrogen) atoms. The Morgan fingerprint density at radius 1 is 1.75 bits per heavy atom. The molecule has 0 saturated heterocycles. The lowest BCUT2D eigenvalue weighted by Crippen LogP contribution is -1.61. The van der Waals surface area contributed by atoms with Crippen molar-refractivity contribution in [2.45, 2.75) is 0 Å². The molecule has 4 nitrogen and oxygen atoms in total. The van der Waals surface area contributed by atoms with Gasteiger partial charge >= 0.3 is 0 Å². The smallest absolute Gasteiger partial charge is 0.169 e. The first-order valence-corrected chi connectivity index (χ1v) is 2.22. The second kappa shape index (κ2) is 2.20. The molecule has 0 amide bonds. The van der Waals surface area contributed by atoms with Crippen LogP contribution in [0.1, 0.15) is 0 Å². The SMILES string of the molecule is CN=Nc1ccn[nH]1. The van der Waals surface area contributed by atoms with E-state index in [0.29, 0.717) is 5.82 Å². The molecule has 4 heteroatoms. The number of nitrogens with zero attached hydrogens (tertiary/aromatic N) is 3. The zero-order valence-corrected chi connectivity index (χ0v) is 4.50. The standard InChI is InChI=1S/C4H6N4/c1-5-7-4-2-3-6-8-4/h2-3H,1H3,(H,6,8). The Morgan fingerprint density at radius 3 is 3.12 bits per heavy atom. The number of hydrogen-bond donors (Lipinski definition) is 1. The minimum Gasteiger partial charge on any atom is -0.260 e. The first-order valence-electron chi connectivity index (χ1n) is 2.22. The van der Waals surface area contributed by atoms with Crippen molar-refractivity contribution >= 4 is 5.82 Å². The van der Waals surface area contributed by atoms with Crippen molar-refractivity contribution in [1.82, 2.24) is 10.2 Å². The van der Waals surface area contributed by atoms with Gasteiger partial charge in [-0.05, 0) is 0 Å². The van der Waals surface area contributed by atoms with Crippen molar-refractivity contribution in [2.75, 3.05) is 7.05 Å². The lowest BCUT2D eigenvalue weighted by atomic mass is 10.7. The molecule has 0 fully saturated rings. The van der Waals surface area contributed by atoms with Crippen LogP contribution >= 0.6 is 0 Å². The average molecular weight is 110 g/mol. The van der Waals surface area contributed by atoms with Gasteiger partial charge in [-0.3, -0.25) is 5.10 Å². The lowest BCUT2D eigenvalue weighted by molar-refractivity contribution is 1.04. The summed E-state index contributed by atoms with van der Waals surface area (Å²) < 4.78 is 0. The number of rotatable bonds is 1. The van der Waals surface area contributed by atoms with Gasteiger partial charge in [0.25, 0.3) is 0 Å². The zero-order chi connectivity index (χ0) is 5.82. The zero-order valence-electron chi connectivity index (χ0n) is 4.50. The Hall–Kier alpha value is -1.19. The van der Waals surface area contributed by atoms with Crippen molar-refractivity contribution in [2.24, 2.45) is 10.2 Å². The van der Waals surface area contributed by atoms with Crippen LogP contribution < -0.4 is 0 Å². The van der Waals surface area contributed by atoms with Gasteiger partial charge in [0, 0.05) is 13.1 Å². The number of nitrogens with one attached hydrogen (secondary N) is 1. The van der Waals surface area contributed by atoms with Crippen LogP contribution in [0.4, 0.5) is 5.82 Å². The number of aromatic nitrogens is 2. The monoisotopic (exact) mass is 110 g/mol. The maximum absolute atomic E-state index is 3.67. The molecule has 0 atom stereocenters. The molecule has 0 aliphatic heterocycles. The van der Waals surface area contributed by atoms with E-state index < -0.39 is 0 Å². The van der Waals surface area contributed by atoms with Crippen LogP contribution in [-0.4, -0.2) is 17.2 Å². The maximum atomic E-state index is 3.67. The maximum Gasteiger partial charge on any atom is 0.169 e. The Labute approximate surface area is 46.6 Å². The summed E-state index contributed by atoms with van der Waals surface area (Å²) in [5.74, 6) is 0.688. The summed E-state index contributed by atoms with van der Waals surface area (Å²) in [5.41, 5.74) is 0.